The van der Waals surface area contributed by atoms with E-state index in [9.17, 15) is 8.42 Å². The summed E-state index contributed by atoms with van der Waals surface area (Å²) in [6.07, 6.45) is 0.418. The second kappa shape index (κ2) is 6.70. The van der Waals surface area contributed by atoms with Crippen LogP contribution in [0, 0.1) is 26.7 Å². The molecule has 0 radical (unpaired) electrons. The molecule has 114 valence electrons. The van der Waals surface area contributed by atoms with Crippen LogP contribution in [0.4, 0.5) is 0 Å². The van der Waals surface area contributed by atoms with Crippen LogP contribution in [0.15, 0.2) is 17.0 Å². The first-order valence-corrected chi connectivity index (χ1v) is 8.38. The Morgan fingerprint density at radius 2 is 1.65 bits per heavy atom. The molecule has 0 aliphatic heterocycles. The highest BCUT2D eigenvalue weighted by Gasteiger charge is 2.25. The minimum atomic E-state index is -3.57. The van der Waals surface area contributed by atoms with Crippen LogP contribution in [0.2, 0.25) is 0 Å². The van der Waals surface area contributed by atoms with Crippen LogP contribution in [-0.4, -0.2) is 26.2 Å². The number of sulfonamides is 1. The van der Waals surface area contributed by atoms with Gasteiger partial charge in [0.2, 0.25) is 10.0 Å². The zero-order valence-electron chi connectivity index (χ0n) is 12.9. The average molecular weight is 299 g/mol. The molecule has 20 heavy (non-hydrogen) atoms. The van der Waals surface area contributed by atoms with Crippen molar-refractivity contribution in [2.75, 3.05) is 6.61 Å². The normalized spacial score (nSPS) is 13.8. The van der Waals surface area contributed by atoms with Crippen molar-refractivity contribution in [3.63, 3.8) is 0 Å². The summed E-state index contributed by atoms with van der Waals surface area (Å²) < 4.78 is 27.9. The molecule has 1 rings (SSSR count). The van der Waals surface area contributed by atoms with E-state index in [0.717, 1.165) is 16.7 Å². The van der Waals surface area contributed by atoms with Gasteiger partial charge < -0.3 is 5.11 Å². The molecule has 1 aromatic rings. The Kier molecular flexibility index (Phi) is 5.74. The average Bonchev–Trinajstić information content (AvgIpc) is 2.25. The SMILES string of the molecule is Cc1cc(C)c(S(=O)(=O)NC(CCO)C(C)C)c(C)c1. The Hall–Kier alpha value is -0.910. The van der Waals surface area contributed by atoms with E-state index < -0.39 is 10.0 Å². The Bertz CT molecular complexity index is 541. The van der Waals surface area contributed by atoms with Gasteiger partial charge >= 0.3 is 0 Å². The second-order valence-electron chi connectivity index (χ2n) is 5.71. The first-order valence-electron chi connectivity index (χ1n) is 6.90. The number of rotatable bonds is 6. The molecule has 4 nitrogen and oxygen atoms in total. The van der Waals surface area contributed by atoms with Crippen LogP contribution in [0.25, 0.3) is 0 Å². The summed E-state index contributed by atoms with van der Waals surface area (Å²) in [4.78, 5) is 0.353. The van der Waals surface area contributed by atoms with E-state index in [1.54, 1.807) is 0 Å². The highest BCUT2D eigenvalue weighted by Crippen LogP contribution is 2.22. The van der Waals surface area contributed by atoms with Gasteiger partial charge in [-0.05, 0) is 44.2 Å². The van der Waals surface area contributed by atoms with E-state index in [1.165, 1.54) is 0 Å². The van der Waals surface area contributed by atoms with Crippen LogP contribution in [0.3, 0.4) is 0 Å². The van der Waals surface area contributed by atoms with Gasteiger partial charge in [-0.25, -0.2) is 13.1 Å². The fourth-order valence-corrected chi connectivity index (χ4v) is 4.39. The molecule has 5 heteroatoms. The number of hydrogen-bond donors (Lipinski definition) is 2. The van der Waals surface area contributed by atoms with Gasteiger partial charge in [0.1, 0.15) is 0 Å². The maximum absolute atomic E-state index is 12.6. The molecule has 1 unspecified atom stereocenters. The Morgan fingerprint density at radius 1 is 1.15 bits per heavy atom. The molecule has 2 N–H and O–H groups in total. The maximum Gasteiger partial charge on any atom is 0.241 e. The van der Waals surface area contributed by atoms with Crippen molar-refractivity contribution in [2.24, 2.45) is 5.92 Å². The van der Waals surface area contributed by atoms with E-state index >= 15 is 0 Å². The fourth-order valence-electron chi connectivity index (χ4n) is 2.52. The lowest BCUT2D eigenvalue weighted by atomic mass is 10.0. The third-order valence-corrected chi connectivity index (χ3v) is 5.22. The van der Waals surface area contributed by atoms with Crippen LogP contribution in [0.1, 0.15) is 37.0 Å². The summed E-state index contributed by atoms with van der Waals surface area (Å²) in [7, 11) is -3.57. The molecule has 0 bridgehead atoms. The predicted octanol–water partition coefficient (Wildman–Crippen LogP) is 2.30. The number of aryl methyl sites for hydroxylation is 3. The smallest absolute Gasteiger partial charge is 0.241 e. The lowest BCUT2D eigenvalue weighted by Gasteiger charge is -2.23. The Balaban J connectivity index is 3.17. The molecule has 0 saturated carbocycles. The van der Waals surface area contributed by atoms with Crippen LogP contribution in [0.5, 0.6) is 0 Å². The zero-order chi connectivity index (χ0) is 15.5. The van der Waals surface area contributed by atoms with Gasteiger partial charge in [-0.1, -0.05) is 31.5 Å². The number of aliphatic hydroxyl groups is 1. The fraction of sp³-hybridized carbons (Fsp3) is 0.600. The molecular formula is C15H25NO3S. The van der Waals surface area contributed by atoms with Crippen molar-refractivity contribution < 1.29 is 13.5 Å². The van der Waals surface area contributed by atoms with E-state index in [-0.39, 0.29) is 18.6 Å². The van der Waals surface area contributed by atoms with Crippen molar-refractivity contribution in [3.8, 4) is 0 Å². The van der Waals surface area contributed by atoms with E-state index in [0.29, 0.717) is 11.3 Å². The van der Waals surface area contributed by atoms with Gasteiger partial charge in [-0.15, -0.1) is 0 Å². The molecule has 0 heterocycles. The van der Waals surface area contributed by atoms with Crippen LogP contribution >= 0.6 is 0 Å². The summed E-state index contributed by atoms with van der Waals surface area (Å²) in [5.74, 6) is 0.128. The molecule has 0 amide bonds. The quantitative estimate of drug-likeness (QED) is 0.847. The molecule has 1 aromatic carbocycles. The van der Waals surface area contributed by atoms with E-state index in [4.69, 9.17) is 5.11 Å². The highest BCUT2D eigenvalue weighted by molar-refractivity contribution is 7.89. The Morgan fingerprint density at radius 3 is 2.05 bits per heavy atom. The van der Waals surface area contributed by atoms with E-state index in [1.807, 2.05) is 46.8 Å². The first kappa shape index (κ1) is 17.1. The molecule has 0 spiro atoms. The van der Waals surface area contributed by atoms with E-state index in [2.05, 4.69) is 4.72 Å². The van der Waals surface area contributed by atoms with Gasteiger partial charge in [0.05, 0.1) is 4.90 Å². The molecular weight excluding hydrogens is 274 g/mol. The molecule has 0 fully saturated rings. The third-order valence-electron chi connectivity index (χ3n) is 3.42. The molecule has 1 atom stereocenters. The second-order valence-corrected chi connectivity index (χ2v) is 7.36. The molecule has 0 saturated heterocycles. The van der Waals surface area contributed by atoms with Crippen molar-refractivity contribution >= 4 is 10.0 Å². The summed E-state index contributed by atoms with van der Waals surface area (Å²) in [6, 6.07) is 3.49. The summed E-state index contributed by atoms with van der Waals surface area (Å²) >= 11 is 0. The minimum Gasteiger partial charge on any atom is -0.396 e. The Labute approximate surface area is 122 Å². The van der Waals surface area contributed by atoms with Crippen LogP contribution < -0.4 is 4.72 Å². The maximum atomic E-state index is 12.6. The molecule has 0 aromatic heterocycles. The topological polar surface area (TPSA) is 66.4 Å². The largest absolute Gasteiger partial charge is 0.396 e. The number of benzene rings is 1. The monoisotopic (exact) mass is 299 g/mol. The lowest BCUT2D eigenvalue weighted by Crippen LogP contribution is -2.39. The van der Waals surface area contributed by atoms with Gasteiger partial charge in [-0.2, -0.15) is 0 Å². The number of nitrogens with one attached hydrogen (secondary N) is 1. The van der Waals surface area contributed by atoms with Crippen molar-refractivity contribution in [2.45, 2.75) is 52.0 Å². The number of hydrogen-bond acceptors (Lipinski definition) is 3. The van der Waals surface area contributed by atoms with Crippen molar-refractivity contribution in [3.05, 3.63) is 28.8 Å². The lowest BCUT2D eigenvalue weighted by molar-refractivity contribution is 0.256. The van der Waals surface area contributed by atoms with Gasteiger partial charge in [-0.3, -0.25) is 0 Å². The first-order chi connectivity index (χ1) is 9.19. The zero-order valence-corrected chi connectivity index (χ0v) is 13.7. The summed E-state index contributed by atoms with van der Waals surface area (Å²) in [5.41, 5.74) is 2.55. The summed E-state index contributed by atoms with van der Waals surface area (Å²) in [5, 5.41) is 9.06. The molecule has 0 aliphatic carbocycles. The van der Waals surface area contributed by atoms with Crippen molar-refractivity contribution in [1.82, 2.24) is 4.72 Å². The summed E-state index contributed by atoms with van der Waals surface area (Å²) in [6.45, 7) is 9.43. The predicted molar refractivity (Wildman–Crippen MR) is 81.3 cm³/mol. The number of aliphatic hydroxyl groups excluding tert-OH is 1. The minimum absolute atomic E-state index is 0.0305. The molecule has 0 aliphatic rings. The highest BCUT2D eigenvalue weighted by atomic mass is 32.2. The van der Waals surface area contributed by atoms with Crippen LogP contribution in [-0.2, 0) is 10.0 Å². The van der Waals surface area contributed by atoms with Gasteiger partial charge in [0.25, 0.3) is 0 Å². The van der Waals surface area contributed by atoms with Gasteiger partial charge in [0.15, 0.2) is 0 Å². The standard InChI is InChI=1S/C15H25NO3S/c1-10(2)14(6-7-17)16-20(18,19)15-12(4)8-11(3)9-13(15)5/h8-10,14,16-17H,6-7H2,1-5H3. The third kappa shape index (κ3) is 4.04. The van der Waals surface area contributed by atoms with Gasteiger partial charge in [0, 0.05) is 12.6 Å². The van der Waals surface area contributed by atoms with Crippen molar-refractivity contribution in [1.29, 1.82) is 0 Å².